The fourth-order valence-corrected chi connectivity index (χ4v) is 3.44. The maximum Gasteiger partial charge on any atom is 0.188 e. The summed E-state index contributed by atoms with van der Waals surface area (Å²) in [7, 11) is 0. The van der Waals surface area contributed by atoms with Crippen LogP contribution in [0.4, 0.5) is 10.2 Å². The molecule has 0 saturated carbocycles. The number of hydrogen-bond donors (Lipinski definition) is 1. The SMILES string of the molecule is CC(Nc1ccc2nnc(-c3ccccc3F)n2n1)c1cnn(Cc2ccccc2)c1. The summed E-state index contributed by atoms with van der Waals surface area (Å²) in [5.41, 5.74) is 3.14. The van der Waals surface area contributed by atoms with Crippen molar-refractivity contribution in [3.05, 3.63) is 96.1 Å². The van der Waals surface area contributed by atoms with Gasteiger partial charge in [0.1, 0.15) is 11.6 Å². The van der Waals surface area contributed by atoms with Gasteiger partial charge in [-0.15, -0.1) is 15.3 Å². The summed E-state index contributed by atoms with van der Waals surface area (Å²) in [4.78, 5) is 0. The molecule has 31 heavy (non-hydrogen) atoms. The van der Waals surface area contributed by atoms with Gasteiger partial charge in [0.2, 0.25) is 0 Å². The second-order valence-electron chi connectivity index (χ2n) is 7.31. The zero-order valence-electron chi connectivity index (χ0n) is 16.9. The Bertz CT molecular complexity index is 1330. The predicted octanol–water partition coefficient (Wildman–Crippen LogP) is 4.35. The molecule has 0 amide bonds. The van der Waals surface area contributed by atoms with Crippen LogP contribution in [0.3, 0.4) is 0 Å². The molecule has 0 spiro atoms. The molecule has 154 valence electrons. The van der Waals surface area contributed by atoms with Crippen molar-refractivity contribution in [2.24, 2.45) is 0 Å². The van der Waals surface area contributed by atoms with E-state index in [-0.39, 0.29) is 11.9 Å². The number of benzene rings is 2. The van der Waals surface area contributed by atoms with Crippen LogP contribution in [-0.2, 0) is 6.54 Å². The van der Waals surface area contributed by atoms with E-state index >= 15 is 0 Å². The van der Waals surface area contributed by atoms with Crippen molar-refractivity contribution in [1.82, 2.24) is 29.6 Å². The van der Waals surface area contributed by atoms with Crippen molar-refractivity contribution in [2.75, 3.05) is 5.32 Å². The summed E-state index contributed by atoms with van der Waals surface area (Å²) in [6.07, 6.45) is 3.87. The van der Waals surface area contributed by atoms with E-state index in [0.29, 0.717) is 29.4 Å². The lowest BCUT2D eigenvalue weighted by molar-refractivity contribution is 0.629. The highest BCUT2D eigenvalue weighted by atomic mass is 19.1. The van der Waals surface area contributed by atoms with E-state index in [9.17, 15) is 4.39 Å². The number of nitrogens with zero attached hydrogens (tertiary/aromatic N) is 6. The van der Waals surface area contributed by atoms with Gasteiger partial charge >= 0.3 is 0 Å². The third-order valence-corrected chi connectivity index (χ3v) is 5.08. The van der Waals surface area contributed by atoms with Gasteiger partial charge in [-0.25, -0.2) is 4.39 Å². The second kappa shape index (κ2) is 7.98. The average molecular weight is 413 g/mol. The van der Waals surface area contributed by atoms with Gasteiger partial charge in [-0.2, -0.15) is 9.61 Å². The summed E-state index contributed by atoms with van der Waals surface area (Å²) in [5, 5.41) is 20.6. The molecule has 3 aromatic heterocycles. The molecule has 0 aliphatic rings. The molecular weight excluding hydrogens is 393 g/mol. The first-order chi connectivity index (χ1) is 15.2. The van der Waals surface area contributed by atoms with E-state index in [0.717, 1.165) is 5.56 Å². The van der Waals surface area contributed by atoms with Crippen molar-refractivity contribution in [3.8, 4) is 11.4 Å². The summed E-state index contributed by atoms with van der Waals surface area (Å²) < 4.78 is 17.7. The van der Waals surface area contributed by atoms with E-state index in [4.69, 9.17) is 0 Å². The molecule has 0 fully saturated rings. The predicted molar refractivity (Wildman–Crippen MR) is 116 cm³/mol. The fourth-order valence-electron chi connectivity index (χ4n) is 3.44. The van der Waals surface area contributed by atoms with Crippen LogP contribution in [0.15, 0.2) is 79.1 Å². The van der Waals surface area contributed by atoms with E-state index < -0.39 is 0 Å². The molecule has 0 bridgehead atoms. The Hall–Kier alpha value is -4.07. The Kier molecular flexibility index (Phi) is 4.87. The molecule has 8 heteroatoms. The van der Waals surface area contributed by atoms with Gasteiger partial charge in [0, 0.05) is 11.8 Å². The van der Waals surface area contributed by atoms with Gasteiger partial charge in [-0.1, -0.05) is 42.5 Å². The number of anilines is 1. The molecule has 7 nitrogen and oxygen atoms in total. The topological polar surface area (TPSA) is 72.9 Å². The van der Waals surface area contributed by atoms with Gasteiger partial charge < -0.3 is 5.32 Å². The van der Waals surface area contributed by atoms with Gasteiger partial charge in [-0.3, -0.25) is 4.68 Å². The normalized spacial score (nSPS) is 12.2. The summed E-state index contributed by atoms with van der Waals surface area (Å²) in [6, 6.07) is 20.3. The number of halogens is 1. The molecule has 1 atom stereocenters. The van der Waals surface area contributed by atoms with E-state index in [1.54, 1.807) is 28.8 Å². The minimum absolute atomic E-state index is 0.0251. The van der Waals surface area contributed by atoms with E-state index in [1.165, 1.54) is 11.6 Å². The first kappa shape index (κ1) is 18.9. The fraction of sp³-hybridized carbons (Fsp3) is 0.130. The van der Waals surface area contributed by atoms with Gasteiger partial charge in [0.05, 0.1) is 24.3 Å². The summed E-state index contributed by atoms with van der Waals surface area (Å²) in [6.45, 7) is 2.75. The van der Waals surface area contributed by atoms with Crippen LogP contribution in [0, 0.1) is 5.82 Å². The molecule has 3 heterocycles. The van der Waals surface area contributed by atoms with Crippen LogP contribution in [-0.4, -0.2) is 29.6 Å². The van der Waals surface area contributed by atoms with Crippen molar-refractivity contribution >= 4 is 11.5 Å². The standard InChI is InChI=1S/C23H20FN7/c1-16(18-13-25-30(15-18)14-17-7-3-2-4-8-17)26-21-11-12-22-27-28-23(31(22)29-21)19-9-5-6-10-20(19)24/h2-13,15-16H,14H2,1H3,(H,26,29). The largest absolute Gasteiger partial charge is 0.362 e. The van der Waals surface area contributed by atoms with Crippen LogP contribution < -0.4 is 5.32 Å². The Morgan fingerprint density at radius 3 is 2.61 bits per heavy atom. The van der Waals surface area contributed by atoms with Crippen molar-refractivity contribution in [3.63, 3.8) is 0 Å². The van der Waals surface area contributed by atoms with Crippen LogP contribution in [0.1, 0.15) is 24.1 Å². The Labute approximate surface area is 178 Å². The monoisotopic (exact) mass is 413 g/mol. The van der Waals surface area contributed by atoms with Crippen molar-refractivity contribution in [2.45, 2.75) is 19.5 Å². The number of rotatable bonds is 6. The third kappa shape index (κ3) is 3.87. The molecule has 2 aromatic carbocycles. The molecular formula is C23H20FN7. The third-order valence-electron chi connectivity index (χ3n) is 5.08. The lowest BCUT2D eigenvalue weighted by atomic mass is 10.2. The smallest absolute Gasteiger partial charge is 0.188 e. The highest BCUT2D eigenvalue weighted by molar-refractivity contribution is 5.60. The highest BCUT2D eigenvalue weighted by Crippen LogP contribution is 2.23. The minimum atomic E-state index is -0.365. The number of fused-ring (bicyclic) bond motifs is 1. The quantitative estimate of drug-likeness (QED) is 0.448. The molecule has 1 unspecified atom stereocenters. The molecule has 0 radical (unpaired) electrons. The molecule has 0 aliphatic heterocycles. The van der Waals surface area contributed by atoms with Gasteiger partial charge in [0.15, 0.2) is 11.5 Å². The first-order valence-electron chi connectivity index (χ1n) is 9.97. The molecule has 0 aliphatic carbocycles. The highest BCUT2D eigenvalue weighted by Gasteiger charge is 2.15. The molecule has 5 aromatic rings. The Balaban J connectivity index is 1.37. The molecule has 0 saturated heterocycles. The van der Waals surface area contributed by atoms with Crippen LogP contribution in [0.25, 0.3) is 17.0 Å². The van der Waals surface area contributed by atoms with Gasteiger partial charge in [-0.05, 0) is 36.8 Å². The lowest BCUT2D eigenvalue weighted by Crippen LogP contribution is -2.09. The zero-order valence-corrected chi connectivity index (χ0v) is 16.9. The second-order valence-corrected chi connectivity index (χ2v) is 7.31. The van der Waals surface area contributed by atoms with Crippen molar-refractivity contribution in [1.29, 1.82) is 0 Å². The zero-order chi connectivity index (χ0) is 21.2. The Morgan fingerprint density at radius 1 is 0.968 bits per heavy atom. The van der Waals surface area contributed by atoms with E-state index in [1.807, 2.05) is 48.3 Å². The first-order valence-corrected chi connectivity index (χ1v) is 9.97. The van der Waals surface area contributed by atoms with Crippen LogP contribution in [0.5, 0.6) is 0 Å². The maximum atomic E-state index is 14.2. The van der Waals surface area contributed by atoms with E-state index in [2.05, 4.69) is 37.8 Å². The van der Waals surface area contributed by atoms with Gasteiger partial charge in [0.25, 0.3) is 0 Å². The minimum Gasteiger partial charge on any atom is -0.362 e. The van der Waals surface area contributed by atoms with Crippen LogP contribution in [0.2, 0.25) is 0 Å². The molecule has 5 rings (SSSR count). The van der Waals surface area contributed by atoms with Crippen molar-refractivity contribution < 1.29 is 4.39 Å². The number of aromatic nitrogens is 6. The lowest BCUT2D eigenvalue weighted by Gasteiger charge is -2.13. The summed E-state index contributed by atoms with van der Waals surface area (Å²) >= 11 is 0. The average Bonchev–Trinajstić information content (AvgIpc) is 3.42. The number of nitrogens with one attached hydrogen (secondary N) is 1. The number of hydrogen-bond acceptors (Lipinski definition) is 5. The Morgan fingerprint density at radius 2 is 1.77 bits per heavy atom. The molecule has 1 N–H and O–H groups in total. The van der Waals surface area contributed by atoms with Crippen LogP contribution >= 0.6 is 0 Å². The maximum absolute atomic E-state index is 14.2. The summed E-state index contributed by atoms with van der Waals surface area (Å²) in [5.74, 6) is 0.629.